The molecule has 0 bridgehead atoms. The molecule has 0 aromatic heterocycles. The van der Waals surface area contributed by atoms with Crippen LogP contribution in [0.25, 0.3) is 0 Å². The van der Waals surface area contributed by atoms with Crippen LogP contribution in [0.15, 0.2) is 48.5 Å². The van der Waals surface area contributed by atoms with E-state index in [-0.39, 0.29) is 24.9 Å². The van der Waals surface area contributed by atoms with E-state index in [1.807, 2.05) is 0 Å². The Morgan fingerprint density at radius 3 is 2.50 bits per heavy atom. The summed E-state index contributed by atoms with van der Waals surface area (Å²) < 4.78 is 18.4. The van der Waals surface area contributed by atoms with E-state index in [9.17, 15) is 9.18 Å². The second-order valence-corrected chi connectivity index (χ2v) is 4.12. The van der Waals surface area contributed by atoms with Crippen LogP contribution in [0.5, 0.6) is 5.75 Å². The largest absolute Gasteiger partial charge is 0.481 e. The average molecular weight is 275 g/mol. The van der Waals surface area contributed by atoms with E-state index in [0.29, 0.717) is 5.69 Å². The number of amides is 1. The number of carbonyl (C=O) groups excluding carboxylic acids is 1. The summed E-state index contributed by atoms with van der Waals surface area (Å²) in [5.74, 6) is -0.851. The smallest absolute Gasteiger partial charge is 0.262 e. The minimum Gasteiger partial charge on any atom is -0.481 e. The summed E-state index contributed by atoms with van der Waals surface area (Å²) in [6.45, 7) is -0.326. The number of hydrogen-bond acceptors (Lipinski definition) is 3. The quantitative estimate of drug-likeness (QED) is 0.880. The molecule has 2 aromatic carbocycles. The van der Waals surface area contributed by atoms with Gasteiger partial charge < -0.3 is 15.2 Å². The monoisotopic (exact) mass is 275 g/mol. The van der Waals surface area contributed by atoms with Crippen molar-refractivity contribution in [3.05, 3.63) is 59.9 Å². The highest BCUT2D eigenvalue weighted by Crippen LogP contribution is 2.15. The highest BCUT2D eigenvalue weighted by Gasteiger charge is 2.06. The van der Waals surface area contributed by atoms with Gasteiger partial charge >= 0.3 is 0 Å². The molecule has 0 aliphatic rings. The molecule has 5 heteroatoms. The minimum absolute atomic E-state index is 0.0401. The molecule has 0 radical (unpaired) electrons. The Morgan fingerprint density at radius 2 is 1.85 bits per heavy atom. The molecular formula is C15H14FNO3. The number of halogens is 1. The first-order valence-electron chi connectivity index (χ1n) is 6.06. The number of ether oxygens (including phenoxy) is 1. The standard InChI is InChI=1S/C15H14FNO3/c16-13-3-1-2-4-14(13)20-10-15(19)17-12-7-5-11(9-18)6-8-12/h1-8,18H,9-10H2,(H,17,19). The Balaban J connectivity index is 1.87. The fourth-order valence-corrected chi connectivity index (χ4v) is 1.60. The van der Waals surface area contributed by atoms with E-state index in [2.05, 4.69) is 5.32 Å². The predicted molar refractivity (Wildman–Crippen MR) is 72.9 cm³/mol. The molecule has 0 aliphatic carbocycles. The molecule has 1 amide bonds. The van der Waals surface area contributed by atoms with Crippen molar-refractivity contribution < 1.29 is 19.0 Å². The third kappa shape index (κ3) is 3.80. The maximum absolute atomic E-state index is 13.3. The molecule has 0 unspecified atom stereocenters. The van der Waals surface area contributed by atoms with Crippen molar-refractivity contribution in [2.45, 2.75) is 6.61 Å². The van der Waals surface area contributed by atoms with Crippen molar-refractivity contribution in [3.8, 4) is 5.75 Å². The van der Waals surface area contributed by atoms with Gasteiger partial charge in [-0.3, -0.25) is 4.79 Å². The van der Waals surface area contributed by atoms with Gasteiger partial charge in [0.25, 0.3) is 5.91 Å². The normalized spacial score (nSPS) is 10.1. The third-order valence-corrected chi connectivity index (χ3v) is 2.62. The van der Waals surface area contributed by atoms with E-state index in [1.165, 1.54) is 12.1 Å². The zero-order chi connectivity index (χ0) is 14.4. The predicted octanol–water partition coefficient (Wildman–Crippen LogP) is 2.34. The van der Waals surface area contributed by atoms with E-state index in [0.717, 1.165) is 5.56 Å². The minimum atomic E-state index is -0.507. The van der Waals surface area contributed by atoms with Gasteiger partial charge in [-0.25, -0.2) is 4.39 Å². The summed E-state index contributed by atoms with van der Waals surface area (Å²) in [7, 11) is 0. The van der Waals surface area contributed by atoms with Crippen LogP contribution in [-0.2, 0) is 11.4 Å². The van der Waals surface area contributed by atoms with Crippen molar-refractivity contribution >= 4 is 11.6 Å². The fraction of sp³-hybridized carbons (Fsp3) is 0.133. The fourth-order valence-electron chi connectivity index (χ4n) is 1.60. The van der Waals surface area contributed by atoms with Gasteiger partial charge in [-0.05, 0) is 29.8 Å². The molecule has 0 saturated carbocycles. The summed E-state index contributed by atoms with van der Waals surface area (Å²) in [6, 6.07) is 12.6. The van der Waals surface area contributed by atoms with Gasteiger partial charge in [0.2, 0.25) is 0 Å². The maximum Gasteiger partial charge on any atom is 0.262 e. The Bertz CT molecular complexity index is 584. The maximum atomic E-state index is 13.3. The molecule has 2 aromatic rings. The summed E-state index contributed by atoms with van der Waals surface area (Å²) in [6.07, 6.45) is 0. The zero-order valence-corrected chi connectivity index (χ0v) is 10.7. The molecule has 20 heavy (non-hydrogen) atoms. The van der Waals surface area contributed by atoms with Crippen molar-refractivity contribution in [2.24, 2.45) is 0 Å². The van der Waals surface area contributed by atoms with Crippen LogP contribution in [0.2, 0.25) is 0 Å². The summed E-state index contributed by atoms with van der Waals surface area (Å²) in [5, 5.41) is 11.5. The van der Waals surface area contributed by atoms with Gasteiger partial charge in [-0.2, -0.15) is 0 Å². The molecule has 0 atom stereocenters. The van der Waals surface area contributed by atoms with Crippen LogP contribution in [-0.4, -0.2) is 17.6 Å². The van der Waals surface area contributed by atoms with Gasteiger partial charge in [0.05, 0.1) is 6.61 Å². The van der Waals surface area contributed by atoms with Gasteiger partial charge in [-0.15, -0.1) is 0 Å². The average Bonchev–Trinajstić information content (AvgIpc) is 2.47. The van der Waals surface area contributed by atoms with E-state index < -0.39 is 5.82 Å². The molecule has 0 fully saturated rings. The van der Waals surface area contributed by atoms with Crippen LogP contribution < -0.4 is 10.1 Å². The number of nitrogens with one attached hydrogen (secondary N) is 1. The van der Waals surface area contributed by atoms with Crippen LogP contribution in [0, 0.1) is 5.82 Å². The van der Waals surface area contributed by atoms with Crippen molar-refractivity contribution in [1.29, 1.82) is 0 Å². The van der Waals surface area contributed by atoms with Crippen molar-refractivity contribution in [1.82, 2.24) is 0 Å². The molecule has 2 rings (SSSR count). The van der Waals surface area contributed by atoms with Crippen LogP contribution in [0.4, 0.5) is 10.1 Å². The number of aliphatic hydroxyl groups is 1. The van der Waals surface area contributed by atoms with Crippen molar-refractivity contribution in [2.75, 3.05) is 11.9 Å². The van der Waals surface area contributed by atoms with Crippen LogP contribution >= 0.6 is 0 Å². The molecule has 4 nitrogen and oxygen atoms in total. The lowest BCUT2D eigenvalue weighted by atomic mass is 10.2. The van der Waals surface area contributed by atoms with Crippen molar-refractivity contribution in [3.63, 3.8) is 0 Å². The Morgan fingerprint density at radius 1 is 1.15 bits per heavy atom. The molecule has 2 N–H and O–H groups in total. The number of rotatable bonds is 5. The first-order chi connectivity index (χ1) is 9.69. The number of hydrogen-bond donors (Lipinski definition) is 2. The van der Waals surface area contributed by atoms with E-state index >= 15 is 0 Å². The zero-order valence-electron chi connectivity index (χ0n) is 10.7. The second-order valence-electron chi connectivity index (χ2n) is 4.12. The number of benzene rings is 2. The summed E-state index contributed by atoms with van der Waals surface area (Å²) in [5.41, 5.74) is 1.34. The van der Waals surface area contributed by atoms with E-state index in [1.54, 1.807) is 36.4 Å². The first-order valence-corrected chi connectivity index (χ1v) is 6.06. The van der Waals surface area contributed by atoms with Gasteiger partial charge in [-0.1, -0.05) is 24.3 Å². The second kappa shape index (κ2) is 6.68. The lowest BCUT2D eigenvalue weighted by Crippen LogP contribution is -2.20. The SMILES string of the molecule is O=C(COc1ccccc1F)Nc1ccc(CO)cc1. The number of para-hydroxylation sites is 1. The highest BCUT2D eigenvalue weighted by atomic mass is 19.1. The van der Waals surface area contributed by atoms with Gasteiger partial charge in [0.1, 0.15) is 0 Å². The number of anilines is 1. The number of aliphatic hydroxyl groups excluding tert-OH is 1. The first kappa shape index (κ1) is 14.0. The van der Waals surface area contributed by atoms with Crippen LogP contribution in [0.3, 0.4) is 0 Å². The van der Waals surface area contributed by atoms with E-state index in [4.69, 9.17) is 9.84 Å². The lowest BCUT2D eigenvalue weighted by molar-refractivity contribution is -0.118. The topological polar surface area (TPSA) is 58.6 Å². The Hall–Kier alpha value is -2.40. The molecule has 104 valence electrons. The molecule has 0 aliphatic heterocycles. The molecule has 0 saturated heterocycles. The summed E-state index contributed by atoms with van der Waals surface area (Å²) >= 11 is 0. The Kier molecular flexibility index (Phi) is 4.68. The highest BCUT2D eigenvalue weighted by molar-refractivity contribution is 5.91. The van der Waals surface area contributed by atoms with Gasteiger partial charge in [0, 0.05) is 5.69 Å². The van der Waals surface area contributed by atoms with Crippen LogP contribution in [0.1, 0.15) is 5.56 Å². The number of carbonyl (C=O) groups is 1. The molecule has 0 spiro atoms. The van der Waals surface area contributed by atoms with Gasteiger partial charge in [0.15, 0.2) is 18.2 Å². The molecule has 0 heterocycles. The molecular weight excluding hydrogens is 261 g/mol. The third-order valence-electron chi connectivity index (χ3n) is 2.62. The summed E-state index contributed by atoms with van der Waals surface area (Å²) in [4.78, 5) is 11.6. The lowest BCUT2D eigenvalue weighted by Gasteiger charge is -2.08. The Labute approximate surface area is 115 Å².